The van der Waals surface area contributed by atoms with Gasteiger partial charge in [-0.15, -0.1) is 0 Å². The number of para-hydroxylation sites is 3. The Bertz CT molecular complexity index is 1220. The van der Waals surface area contributed by atoms with Gasteiger partial charge in [-0.05, 0) is 49.3 Å². The van der Waals surface area contributed by atoms with Crippen LogP contribution in [0, 0.1) is 4.77 Å². The van der Waals surface area contributed by atoms with Crippen molar-refractivity contribution in [1.29, 1.82) is 0 Å². The number of nitrogens with zero attached hydrogens (tertiary/aromatic N) is 2. The molecule has 2 aromatic carbocycles. The molecule has 1 unspecified atom stereocenters. The van der Waals surface area contributed by atoms with E-state index >= 15 is 0 Å². The third-order valence-electron chi connectivity index (χ3n) is 5.63. The van der Waals surface area contributed by atoms with Gasteiger partial charge in [-0.25, -0.2) is 0 Å². The summed E-state index contributed by atoms with van der Waals surface area (Å²) in [5.41, 5.74) is 0.680. The minimum Gasteiger partial charge on any atom is -0.486 e. The molecule has 1 amide bonds. The number of unbranched alkanes of at least 4 members (excludes halogenated alkanes) is 2. The summed E-state index contributed by atoms with van der Waals surface area (Å²) in [6.45, 7) is 1.44. The number of carbonyl (C=O) groups excluding carboxylic acids is 1. The van der Waals surface area contributed by atoms with Crippen molar-refractivity contribution in [2.24, 2.45) is 0 Å². The third-order valence-corrected chi connectivity index (χ3v) is 5.95. The van der Waals surface area contributed by atoms with E-state index in [1.807, 2.05) is 42.5 Å². The topological polar surface area (TPSA) is 76.6 Å². The Morgan fingerprint density at radius 3 is 2.72 bits per heavy atom. The SMILES string of the molecule is CN(CC1COc2ccccc2O1)C(=O)CCCCCn1c(=S)[nH]c2ccccc2c1=O. The highest BCUT2D eigenvalue weighted by Gasteiger charge is 2.23. The van der Waals surface area contributed by atoms with Crippen LogP contribution in [0.4, 0.5) is 0 Å². The van der Waals surface area contributed by atoms with Crippen LogP contribution in [0.3, 0.4) is 0 Å². The van der Waals surface area contributed by atoms with E-state index in [2.05, 4.69) is 4.98 Å². The van der Waals surface area contributed by atoms with Gasteiger partial charge >= 0.3 is 0 Å². The van der Waals surface area contributed by atoms with Gasteiger partial charge in [-0.3, -0.25) is 14.2 Å². The van der Waals surface area contributed by atoms with Gasteiger partial charge in [-0.1, -0.05) is 30.7 Å². The van der Waals surface area contributed by atoms with E-state index in [1.165, 1.54) is 0 Å². The first-order valence-corrected chi connectivity index (χ1v) is 11.3. The highest BCUT2D eigenvalue weighted by Crippen LogP contribution is 2.31. The second kappa shape index (κ2) is 9.99. The number of fused-ring (bicyclic) bond motifs is 2. The molecule has 1 aromatic heterocycles. The van der Waals surface area contributed by atoms with Gasteiger partial charge in [0.05, 0.1) is 17.4 Å². The van der Waals surface area contributed by atoms with Crippen LogP contribution in [-0.4, -0.2) is 46.7 Å². The zero-order valence-corrected chi connectivity index (χ0v) is 18.9. The minimum absolute atomic E-state index is 0.0727. The Hall–Kier alpha value is -3.13. The van der Waals surface area contributed by atoms with Gasteiger partial charge in [0.15, 0.2) is 22.4 Å². The van der Waals surface area contributed by atoms with Crippen LogP contribution >= 0.6 is 12.2 Å². The molecule has 1 atom stereocenters. The summed E-state index contributed by atoms with van der Waals surface area (Å²) in [5.74, 6) is 1.53. The highest BCUT2D eigenvalue weighted by molar-refractivity contribution is 7.71. The summed E-state index contributed by atoms with van der Waals surface area (Å²) in [7, 11) is 1.79. The van der Waals surface area contributed by atoms with Gasteiger partial charge in [0.25, 0.3) is 5.56 Å². The van der Waals surface area contributed by atoms with Gasteiger partial charge in [0.1, 0.15) is 6.61 Å². The van der Waals surface area contributed by atoms with E-state index in [0.717, 1.165) is 30.5 Å². The standard InChI is InChI=1S/C24H27N3O4S/c1-26(15-17-16-30-20-11-6-7-12-21(20)31-17)22(28)13-3-2-8-14-27-23(29)18-9-4-5-10-19(18)25-24(27)32/h4-7,9-12,17H,2-3,8,13-16H2,1H3,(H,25,32). The summed E-state index contributed by atoms with van der Waals surface area (Å²) in [6, 6.07) is 14.9. The molecule has 0 saturated carbocycles. The van der Waals surface area contributed by atoms with E-state index in [1.54, 1.807) is 22.6 Å². The first-order chi connectivity index (χ1) is 15.5. The smallest absolute Gasteiger partial charge is 0.262 e. The van der Waals surface area contributed by atoms with Crippen molar-refractivity contribution < 1.29 is 14.3 Å². The van der Waals surface area contributed by atoms with Gasteiger partial charge in [0, 0.05) is 20.0 Å². The average molecular weight is 454 g/mol. The quantitative estimate of drug-likeness (QED) is 0.413. The van der Waals surface area contributed by atoms with Gasteiger partial charge < -0.3 is 19.4 Å². The average Bonchev–Trinajstić information content (AvgIpc) is 2.80. The summed E-state index contributed by atoms with van der Waals surface area (Å²) in [5, 5.41) is 0.634. The summed E-state index contributed by atoms with van der Waals surface area (Å²) < 4.78 is 13.7. The number of H-pyrrole nitrogens is 1. The zero-order valence-electron chi connectivity index (χ0n) is 18.1. The Morgan fingerprint density at radius 1 is 1.12 bits per heavy atom. The molecule has 0 bridgehead atoms. The van der Waals surface area contributed by atoms with Crippen LogP contribution < -0.4 is 15.0 Å². The number of aromatic nitrogens is 2. The largest absolute Gasteiger partial charge is 0.486 e. The molecule has 1 aliphatic rings. The number of nitrogens with one attached hydrogen (secondary N) is 1. The van der Waals surface area contributed by atoms with Crippen LogP contribution in [0.1, 0.15) is 25.7 Å². The second-order valence-corrected chi connectivity index (χ2v) is 8.40. The second-order valence-electron chi connectivity index (χ2n) is 8.02. The maximum atomic E-state index is 12.7. The fourth-order valence-electron chi connectivity index (χ4n) is 3.88. The molecule has 1 N–H and O–H groups in total. The van der Waals surface area contributed by atoms with Crippen LogP contribution in [0.25, 0.3) is 10.9 Å². The lowest BCUT2D eigenvalue weighted by atomic mass is 10.1. The zero-order chi connectivity index (χ0) is 22.5. The van der Waals surface area contributed by atoms with E-state index in [-0.39, 0.29) is 17.6 Å². The molecule has 0 radical (unpaired) electrons. The maximum absolute atomic E-state index is 12.7. The Labute approximate surface area is 191 Å². The Balaban J connectivity index is 1.21. The number of hydrogen-bond acceptors (Lipinski definition) is 5. The summed E-state index contributed by atoms with van der Waals surface area (Å²) >= 11 is 5.35. The molecule has 8 heteroatoms. The molecule has 168 valence electrons. The first-order valence-electron chi connectivity index (χ1n) is 10.9. The Morgan fingerprint density at radius 2 is 1.88 bits per heavy atom. The fraction of sp³-hybridized carbons (Fsp3) is 0.375. The first kappa shape index (κ1) is 22.1. The molecule has 0 spiro atoms. The molecule has 7 nitrogen and oxygen atoms in total. The number of ether oxygens (including phenoxy) is 2. The highest BCUT2D eigenvalue weighted by atomic mass is 32.1. The molecule has 4 rings (SSSR count). The summed E-state index contributed by atoms with van der Waals surface area (Å²) in [6.07, 6.45) is 2.65. The van der Waals surface area contributed by atoms with E-state index in [0.29, 0.717) is 42.0 Å². The normalized spacial score (nSPS) is 15.0. The van der Waals surface area contributed by atoms with Crippen LogP contribution in [0.15, 0.2) is 53.3 Å². The minimum atomic E-state index is -0.180. The number of carbonyl (C=O) groups is 1. The summed E-state index contributed by atoms with van der Waals surface area (Å²) in [4.78, 5) is 30.0. The third kappa shape index (κ3) is 5.02. The molecular formula is C24H27N3O4S. The molecule has 0 saturated heterocycles. The van der Waals surface area contributed by atoms with Crippen molar-refractivity contribution in [3.05, 3.63) is 63.7 Å². The molecule has 2 heterocycles. The lowest BCUT2D eigenvalue weighted by Gasteiger charge is -2.29. The lowest BCUT2D eigenvalue weighted by Crippen LogP contribution is -2.41. The fourth-order valence-corrected chi connectivity index (χ4v) is 4.16. The van der Waals surface area contributed by atoms with Crippen molar-refractivity contribution in [1.82, 2.24) is 14.5 Å². The number of amides is 1. The van der Waals surface area contributed by atoms with Crippen molar-refractivity contribution in [3.63, 3.8) is 0 Å². The maximum Gasteiger partial charge on any atom is 0.262 e. The molecule has 32 heavy (non-hydrogen) atoms. The lowest BCUT2D eigenvalue weighted by molar-refractivity contribution is -0.131. The number of hydrogen-bond donors (Lipinski definition) is 1. The van der Waals surface area contributed by atoms with Crippen LogP contribution in [0.5, 0.6) is 11.5 Å². The molecular weight excluding hydrogens is 426 g/mol. The molecule has 0 fully saturated rings. The van der Waals surface area contributed by atoms with Crippen molar-refractivity contribution in [2.75, 3.05) is 20.2 Å². The predicted molar refractivity (Wildman–Crippen MR) is 126 cm³/mol. The van der Waals surface area contributed by atoms with Crippen LogP contribution in [-0.2, 0) is 11.3 Å². The van der Waals surface area contributed by atoms with E-state index < -0.39 is 0 Å². The van der Waals surface area contributed by atoms with Gasteiger partial charge in [-0.2, -0.15) is 0 Å². The molecule has 0 aliphatic carbocycles. The van der Waals surface area contributed by atoms with Crippen LogP contribution in [0.2, 0.25) is 0 Å². The van der Waals surface area contributed by atoms with Crippen molar-refractivity contribution in [3.8, 4) is 11.5 Å². The molecule has 3 aromatic rings. The van der Waals surface area contributed by atoms with Crippen molar-refractivity contribution >= 4 is 29.0 Å². The number of likely N-dealkylation sites (N-methyl/N-ethyl adjacent to an activating group) is 1. The monoisotopic (exact) mass is 453 g/mol. The number of rotatable bonds is 8. The number of benzene rings is 2. The Kier molecular flexibility index (Phi) is 6.90. The predicted octanol–water partition coefficient (Wildman–Crippen LogP) is 3.92. The van der Waals surface area contributed by atoms with E-state index in [9.17, 15) is 9.59 Å². The van der Waals surface area contributed by atoms with Crippen molar-refractivity contribution in [2.45, 2.75) is 38.3 Å². The van der Waals surface area contributed by atoms with Gasteiger partial charge in [0.2, 0.25) is 5.91 Å². The number of aromatic amines is 1. The molecule has 1 aliphatic heterocycles. The van der Waals surface area contributed by atoms with E-state index in [4.69, 9.17) is 21.7 Å².